The van der Waals surface area contributed by atoms with Crippen LogP contribution in [0.3, 0.4) is 0 Å². The van der Waals surface area contributed by atoms with Crippen molar-refractivity contribution in [3.8, 4) is 5.75 Å². The van der Waals surface area contributed by atoms with E-state index in [4.69, 9.17) is 21.4 Å². The second-order valence-electron chi connectivity index (χ2n) is 4.56. The standard InChI is InChI=1S/C16H16ClNO3/c1-11(21-15-7-5-13(17)6-8-15)16(20)18-14-4-2-3-12(9-14)10-19/h2-9,11,19H,10H2,1H3,(H,18,20). The van der Waals surface area contributed by atoms with Gasteiger partial charge in [-0.1, -0.05) is 23.7 Å². The second-order valence-corrected chi connectivity index (χ2v) is 5.00. The van der Waals surface area contributed by atoms with Crippen LogP contribution in [0.25, 0.3) is 0 Å². The monoisotopic (exact) mass is 305 g/mol. The third-order valence-electron chi connectivity index (χ3n) is 2.87. The van der Waals surface area contributed by atoms with E-state index in [-0.39, 0.29) is 12.5 Å². The maximum atomic E-state index is 12.1. The summed E-state index contributed by atoms with van der Waals surface area (Å²) in [7, 11) is 0. The van der Waals surface area contributed by atoms with Gasteiger partial charge in [-0.3, -0.25) is 4.79 Å². The highest BCUT2D eigenvalue weighted by Gasteiger charge is 2.14. The average molecular weight is 306 g/mol. The number of nitrogens with one attached hydrogen (secondary N) is 1. The minimum atomic E-state index is -0.649. The quantitative estimate of drug-likeness (QED) is 0.891. The Kier molecular flexibility index (Phi) is 5.20. The lowest BCUT2D eigenvalue weighted by Gasteiger charge is -2.15. The van der Waals surface area contributed by atoms with Gasteiger partial charge in [0.1, 0.15) is 5.75 Å². The normalized spacial score (nSPS) is 11.8. The van der Waals surface area contributed by atoms with Gasteiger partial charge in [0.05, 0.1) is 6.61 Å². The van der Waals surface area contributed by atoms with E-state index in [1.54, 1.807) is 55.5 Å². The molecule has 0 radical (unpaired) electrons. The predicted molar refractivity (Wildman–Crippen MR) is 82.5 cm³/mol. The maximum Gasteiger partial charge on any atom is 0.265 e. The molecule has 0 bridgehead atoms. The van der Waals surface area contributed by atoms with Crippen LogP contribution in [0.2, 0.25) is 5.02 Å². The topological polar surface area (TPSA) is 58.6 Å². The van der Waals surface area contributed by atoms with Crippen LogP contribution in [0, 0.1) is 0 Å². The number of carbonyl (C=O) groups is 1. The summed E-state index contributed by atoms with van der Waals surface area (Å²) in [6.07, 6.45) is -0.649. The van der Waals surface area contributed by atoms with E-state index < -0.39 is 6.10 Å². The molecular formula is C16H16ClNO3. The largest absolute Gasteiger partial charge is 0.481 e. The van der Waals surface area contributed by atoms with Crippen LogP contribution in [-0.4, -0.2) is 17.1 Å². The van der Waals surface area contributed by atoms with E-state index in [9.17, 15) is 4.79 Å². The summed E-state index contributed by atoms with van der Waals surface area (Å²) in [6, 6.07) is 13.8. The molecule has 1 amide bonds. The van der Waals surface area contributed by atoms with Crippen LogP contribution in [0.15, 0.2) is 48.5 Å². The Morgan fingerprint density at radius 1 is 1.29 bits per heavy atom. The Morgan fingerprint density at radius 3 is 2.67 bits per heavy atom. The molecule has 0 aliphatic carbocycles. The molecule has 0 saturated heterocycles. The molecule has 0 fully saturated rings. The number of amides is 1. The van der Waals surface area contributed by atoms with Crippen LogP contribution in [0.4, 0.5) is 5.69 Å². The van der Waals surface area contributed by atoms with Gasteiger partial charge >= 0.3 is 0 Å². The Balaban J connectivity index is 1.97. The summed E-state index contributed by atoms with van der Waals surface area (Å²) < 4.78 is 5.54. The third kappa shape index (κ3) is 4.48. The first-order valence-corrected chi connectivity index (χ1v) is 6.89. The predicted octanol–water partition coefficient (Wildman–Crippen LogP) is 3.24. The highest BCUT2D eigenvalue weighted by molar-refractivity contribution is 6.30. The molecule has 0 heterocycles. The van der Waals surface area contributed by atoms with E-state index in [0.29, 0.717) is 16.5 Å². The molecule has 0 spiro atoms. The molecular weight excluding hydrogens is 290 g/mol. The number of aliphatic hydroxyl groups excluding tert-OH is 1. The van der Waals surface area contributed by atoms with Gasteiger partial charge in [-0.05, 0) is 48.9 Å². The molecule has 2 rings (SSSR count). The molecule has 2 aromatic carbocycles. The van der Waals surface area contributed by atoms with Crippen LogP contribution < -0.4 is 10.1 Å². The number of rotatable bonds is 5. The summed E-state index contributed by atoms with van der Waals surface area (Å²) in [5.41, 5.74) is 1.36. The van der Waals surface area contributed by atoms with Gasteiger partial charge in [0, 0.05) is 10.7 Å². The number of hydrogen-bond acceptors (Lipinski definition) is 3. The van der Waals surface area contributed by atoms with Crippen molar-refractivity contribution in [2.24, 2.45) is 0 Å². The van der Waals surface area contributed by atoms with Gasteiger partial charge in [-0.25, -0.2) is 0 Å². The molecule has 5 heteroatoms. The molecule has 4 nitrogen and oxygen atoms in total. The maximum absolute atomic E-state index is 12.1. The first-order chi connectivity index (χ1) is 10.1. The zero-order valence-corrected chi connectivity index (χ0v) is 12.3. The van der Waals surface area contributed by atoms with Crippen molar-refractivity contribution < 1.29 is 14.6 Å². The highest BCUT2D eigenvalue weighted by atomic mass is 35.5. The molecule has 0 aromatic heterocycles. The fraction of sp³-hybridized carbons (Fsp3) is 0.188. The molecule has 0 aliphatic heterocycles. The molecule has 2 N–H and O–H groups in total. The van der Waals surface area contributed by atoms with Crippen LogP contribution in [0.5, 0.6) is 5.75 Å². The molecule has 21 heavy (non-hydrogen) atoms. The van der Waals surface area contributed by atoms with E-state index >= 15 is 0 Å². The number of anilines is 1. The Morgan fingerprint density at radius 2 is 2.00 bits per heavy atom. The number of carbonyl (C=O) groups excluding carboxylic acids is 1. The highest BCUT2D eigenvalue weighted by Crippen LogP contribution is 2.17. The summed E-state index contributed by atoms with van der Waals surface area (Å²) in [5, 5.41) is 12.4. The number of ether oxygens (including phenoxy) is 1. The number of aliphatic hydroxyl groups is 1. The molecule has 1 unspecified atom stereocenters. The van der Waals surface area contributed by atoms with Gasteiger partial charge in [0.25, 0.3) is 5.91 Å². The lowest BCUT2D eigenvalue weighted by atomic mass is 10.2. The summed E-state index contributed by atoms with van der Waals surface area (Å²) in [4.78, 5) is 12.1. The van der Waals surface area contributed by atoms with Gasteiger partial charge in [-0.15, -0.1) is 0 Å². The van der Waals surface area contributed by atoms with Crippen molar-refractivity contribution in [1.29, 1.82) is 0 Å². The zero-order chi connectivity index (χ0) is 15.2. The fourth-order valence-corrected chi connectivity index (χ4v) is 1.89. The molecule has 2 aromatic rings. The number of halogens is 1. The van der Waals surface area contributed by atoms with Crippen LogP contribution in [-0.2, 0) is 11.4 Å². The number of hydrogen-bond donors (Lipinski definition) is 2. The molecule has 0 saturated carbocycles. The average Bonchev–Trinajstić information content (AvgIpc) is 2.49. The van der Waals surface area contributed by atoms with Gasteiger partial charge in [0.2, 0.25) is 0 Å². The lowest BCUT2D eigenvalue weighted by Crippen LogP contribution is -2.30. The first kappa shape index (κ1) is 15.4. The number of benzene rings is 2. The van der Waals surface area contributed by atoms with Crippen molar-refractivity contribution in [2.45, 2.75) is 19.6 Å². The van der Waals surface area contributed by atoms with Crippen molar-refractivity contribution in [3.63, 3.8) is 0 Å². The zero-order valence-electron chi connectivity index (χ0n) is 11.5. The molecule has 110 valence electrons. The molecule has 0 aliphatic rings. The lowest BCUT2D eigenvalue weighted by molar-refractivity contribution is -0.122. The smallest absolute Gasteiger partial charge is 0.265 e. The Hall–Kier alpha value is -2.04. The SMILES string of the molecule is CC(Oc1ccc(Cl)cc1)C(=O)Nc1cccc(CO)c1. The van der Waals surface area contributed by atoms with Crippen LogP contribution in [0.1, 0.15) is 12.5 Å². The van der Waals surface area contributed by atoms with Crippen molar-refractivity contribution >= 4 is 23.2 Å². The van der Waals surface area contributed by atoms with Gasteiger partial charge in [0.15, 0.2) is 6.10 Å². The van der Waals surface area contributed by atoms with Gasteiger partial charge in [-0.2, -0.15) is 0 Å². The van der Waals surface area contributed by atoms with Crippen LogP contribution >= 0.6 is 11.6 Å². The Bertz CT molecular complexity index is 613. The first-order valence-electron chi connectivity index (χ1n) is 6.51. The second kappa shape index (κ2) is 7.11. The Labute approximate surface area is 128 Å². The van der Waals surface area contributed by atoms with Gasteiger partial charge < -0.3 is 15.2 Å². The van der Waals surface area contributed by atoms with Crippen molar-refractivity contribution in [3.05, 3.63) is 59.1 Å². The summed E-state index contributed by atoms with van der Waals surface area (Å²) >= 11 is 5.79. The van der Waals surface area contributed by atoms with Crippen molar-refractivity contribution in [1.82, 2.24) is 0 Å². The van der Waals surface area contributed by atoms with E-state index in [1.165, 1.54) is 0 Å². The minimum Gasteiger partial charge on any atom is -0.481 e. The minimum absolute atomic E-state index is 0.0689. The summed E-state index contributed by atoms with van der Waals surface area (Å²) in [6.45, 7) is 1.60. The van der Waals surface area contributed by atoms with Crippen molar-refractivity contribution in [2.75, 3.05) is 5.32 Å². The van der Waals surface area contributed by atoms with E-state index in [2.05, 4.69) is 5.32 Å². The molecule has 1 atom stereocenters. The third-order valence-corrected chi connectivity index (χ3v) is 3.12. The van der Waals surface area contributed by atoms with E-state index in [1.807, 2.05) is 0 Å². The fourth-order valence-electron chi connectivity index (χ4n) is 1.76. The summed E-state index contributed by atoms with van der Waals surface area (Å²) in [5.74, 6) is 0.311. The van der Waals surface area contributed by atoms with E-state index in [0.717, 1.165) is 5.56 Å².